The predicted octanol–water partition coefficient (Wildman–Crippen LogP) is 4.20. The molecule has 15 heavy (non-hydrogen) atoms. The van der Waals surface area contributed by atoms with Gasteiger partial charge >= 0.3 is 0 Å². The summed E-state index contributed by atoms with van der Waals surface area (Å²) in [5.74, 6) is 3.76. The van der Waals surface area contributed by atoms with Gasteiger partial charge in [-0.2, -0.15) is 0 Å². The summed E-state index contributed by atoms with van der Waals surface area (Å²) in [6, 6.07) is 10.5. The Balaban J connectivity index is 2.88. The molecule has 0 saturated carbocycles. The van der Waals surface area contributed by atoms with E-state index in [9.17, 15) is 0 Å². The summed E-state index contributed by atoms with van der Waals surface area (Å²) < 4.78 is 0. The molecule has 0 amide bonds. The molecule has 1 atom stereocenters. The van der Waals surface area contributed by atoms with Crippen molar-refractivity contribution in [2.45, 2.75) is 12.3 Å². The lowest BCUT2D eigenvalue weighted by atomic mass is 9.86. The van der Waals surface area contributed by atoms with E-state index in [0.29, 0.717) is 11.8 Å². The van der Waals surface area contributed by atoms with Crippen LogP contribution in [0.5, 0.6) is 0 Å². The molecule has 1 rings (SSSR count). The summed E-state index contributed by atoms with van der Waals surface area (Å²) in [7, 11) is 0. The maximum Gasteiger partial charge on any atom is 0.0158 e. The van der Waals surface area contributed by atoms with Crippen LogP contribution in [0, 0.1) is 18.3 Å². The zero-order chi connectivity index (χ0) is 11.1. The first-order valence-electron chi connectivity index (χ1n) is 4.93. The first-order chi connectivity index (χ1) is 7.33. The van der Waals surface area contributed by atoms with Crippen molar-refractivity contribution in [1.82, 2.24) is 0 Å². The summed E-state index contributed by atoms with van der Waals surface area (Å²) in [4.78, 5) is 0. The minimum absolute atomic E-state index is 0.440. The molecule has 2 heteroatoms. The molecule has 0 aliphatic rings. The highest BCUT2D eigenvalue weighted by Crippen LogP contribution is 2.30. The lowest BCUT2D eigenvalue weighted by molar-refractivity contribution is 0.529. The van der Waals surface area contributed by atoms with Crippen LogP contribution in [0.25, 0.3) is 0 Å². The summed E-state index contributed by atoms with van der Waals surface area (Å²) in [6.45, 7) is 0. The average molecular weight is 330 g/mol. The molecule has 0 heterocycles. The van der Waals surface area contributed by atoms with Gasteiger partial charge in [-0.05, 0) is 17.4 Å². The van der Waals surface area contributed by atoms with Gasteiger partial charge in [-0.15, -0.1) is 12.3 Å². The normalized spacial score (nSPS) is 12.4. The Kier molecular flexibility index (Phi) is 6.05. The first kappa shape index (κ1) is 12.8. The van der Waals surface area contributed by atoms with Crippen LogP contribution in [-0.4, -0.2) is 10.7 Å². The van der Waals surface area contributed by atoms with Crippen LogP contribution in [-0.2, 0) is 0 Å². The molecule has 0 saturated heterocycles. The number of alkyl halides is 2. The zero-order valence-electron chi connectivity index (χ0n) is 8.50. The van der Waals surface area contributed by atoms with Crippen molar-refractivity contribution in [3.63, 3.8) is 0 Å². The van der Waals surface area contributed by atoms with Gasteiger partial charge in [-0.3, -0.25) is 0 Å². The third-order valence-corrected chi connectivity index (χ3v) is 4.19. The Morgan fingerprint density at radius 2 is 1.73 bits per heavy atom. The quantitative estimate of drug-likeness (QED) is 0.561. The van der Waals surface area contributed by atoms with Crippen LogP contribution < -0.4 is 0 Å². The van der Waals surface area contributed by atoms with Gasteiger partial charge in [0.1, 0.15) is 0 Å². The minimum Gasteiger partial charge on any atom is -0.120 e. The van der Waals surface area contributed by atoms with Crippen molar-refractivity contribution in [2.75, 3.05) is 10.7 Å². The molecule has 0 nitrogen and oxygen atoms in total. The van der Waals surface area contributed by atoms with E-state index in [1.807, 2.05) is 6.07 Å². The van der Waals surface area contributed by atoms with Crippen molar-refractivity contribution < 1.29 is 0 Å². The van der Waals surface area contributed by atoms with Gasteiger partial charge in [0, 0.05) is 17.1 Å². The molecular weight excluding hydrogens is 316 g/mol. The summed E-state index contributed by atoms with van der Waals surface area (Å²) >= 11 is 7.09. The van der Waals surface area contributed by atoms with E-state index < -0.39 is 0 Å². The van der Waals surface area contributed by atoms with E-state index in [-0.39, 0.29) is 0 Å². The molecule has 80 valence electrons. The maximum absolute atomic E-state index is 5.43. The number of terminal acetylenes is 1. The molecule has 1 aromatic rings. The van der Waals surface area contributed by atoms with Gasteiger partial charge in [0.25, 0.3) is 0 Å². The van der Waals surface area contributed by atoms with E-state index >= 15 is 0 Å². The van der Waals surface area contributed by atoms with Gasteiger partial charge in [0.15, 0.2) is 0 Å². The van der Waals surface area contributed by atoms with Crippen molar-refractivity contribution in [2.24, 2.45) is 5.92 Å². The second-order valence-electron chi connectivity index (χ2n) is 3.49. The minimum atomic E-state index is 0.440. The van der Waals surface area contributed by atoms with Gasteiger partial charge in [-0.1, -0.05) is 62.2 Å². The molecule has 0 bridgehead atoms. The highest BCUT2D eigenvalue weighted by Gasteiger charge is 2.20. The Hall–Kier alpha value is -0.260. The maximum atomic E-state index is 5.43. The number of hydrogen-bond donors (Lipinski definition) is 0. The molecule has 0 radical (unpaired) electrons. The van der Waals surface area contributed by atoms with Crippen LogP contribution >= 0.6 is 31.9 Å². The predicted molar refractivity (Wildman–Crippen MR) is 73.7 cm³/mol. The van der Waals surface area contributed by atoms with E-state index in [1.165, 1.54) is 5.56 Å². The third kappa shape index (κ3) is 3.66. The molecule has 0 N–H and O–H groups in total. The SMILES string of the molecule is C#CCC(c1ccccc1)C(CBr)CBr. The second-order valence-corrected chi connectivity index (χ2v) is 4.79. The fourth-order valence-corrected chi connectivity index (χ4v) is 3.61. The van der Waals surface area contributed by atoms with E-state index in [0.717, 1.165) is 17.1 Å². The summed E-state index contributed by atoms with van der Waals surface area (Å²) in [6.07, 6.45) is 6.23. The molecule has 1 aromatic carbocycles. The number of rotatable bonds is 5. The van der Waals surface area contributed by atoms with E-state index in [4.69, 9.17) is 6.42 Å². The standard InChI is InChI=1S/C13H14Br2/c1-2-6-13(12(9-14)10-15)11-7-4-3-5-8-11/h1,3-5,7-8,12-13H,6,9-10H2. The van der Waals surface area contributed by atoms with Crippen LogP contribution in [0.2, 0.25) is 0 Å². The topological polar surface area (TPSA) is 0 Å². The van der Waals surface area contributed by atoms with Crippen LogP contribution in [0.3, 0.4) is 0 Å². The van der Waals surface area contributed by atoms with Gasteiger partial charge in [0.2, 0.25) is 0 Å². The number of hydrogen-bond acceptors (Lipinski definition) is 0. The van der Waals surface area contributed by atoms with Crippen molar-refractivity contribution in [3.8, 4) is 12.3 Å². The van der Waals surface area contributed by atoms with Gasteiger partial charge < -0.3 is 0 Å². The molecule has 0 aromatic heterocycles. The third-order valence-electron chi connectivity index (χ3n) is 2.53. The number of halogens is 2. The Morgan fingerprint density at radius 3 is 2.20 bits per heavy atom. The lowest BCUT2D eigenvalue weighted by Crippen LogP contribution is -2.15. The lowest BCUT2D eigenvalue weighted by Gasteiger charge is -2.22. The Labute approximate surface area is 109 Å². The molecule has 0 aliphatic heterocycles. The summed E-state index contributed by atoms with van der Waals surface area (Å²) in [5.41, 5.74) is 1.33. The molecule has 0 spiro atoms. The van der Waals surface area contributed by atoms with E-state index in [1.54, 1.807) is 0 Å². The van der Waals surface area contributed by atoms with E-state index in [2.05, 4.69) is 62.0 Å². The van der Waals surface area contributed by atoms with Crippen molar-refractivity contribution in [3.05, 3.63) is 35.9 Å². The molecule has 1 unspecified atom stereocenters. The molecule has 0 fully saturated rings. The zero-order valence-corrected chi connectivity index (χ0v) is 11.7. The number of benzene rings is 1. The second kappa shape index (κ2) is 7.09. The fourth-order valence-electron chi connectivity index (χ4n) is 1.64. The fraction of sp³-hybridized carbons (Fsp3) is 0.385. The molecular formula is C13H14Br2. The highest BCUT2D eigenvalue weighted by molar-refractivity contribution is 9.09. The van der Waals surface area contributed by atoms with Crippen molar-refractivity contribution >= 4 is 31.9 Å². The smallest absolute Gasteiger partial charge is 0.0158 e. The Bertz CT molecular complexity index is 309. The van der Waals surface area contributed by atoms with Gasteiger partial charge in [0.05, 0.1) is 0 Å². The van der Waals surface area contributed by atoms with Gasteiger partial charge in [-0.25, -0.2) is 0 Å². The van der Waals surface area contributed by atoms with Crippen molar-refractivity contribution in [1.29, 1.82) is 0 Å². The Morgan fingerprint density at radius 1 is 1.13 bits per heavy atom. The van der Waals surface area contributed by atoms with Crippen LogP contribution in [0.1, 0.15) is 17.9 Å². The summed E-state index contributed by atoms with van der Waals surface area (Å²) in [5, 5.41) is 1.94. The molecule has 0 aliphatic carbocycles. The monoisotopic (exact) mass is 328 g/mol. The largest absolute Gasteiger partial charge is 0.120 e. The average Bonchev–Trinajstić information content (AvgIpc) is 2.30. The van der Waals surface area contributed by atoms with Crippen LogP contribution in [0.15, 0.2) is 30.3 Å². The highest BCUT2D eigenvalue weighted by atomic mass is 79.9. The van der Waals surface area contributed by atoms with Crippen LogP contribution in [0.4, 0.5) is 0 Å². The first-order valence-corrected chi connectivity index (χ1v) is 7.18.